The zero-order chi connectivity index (χ0) is 8.55. The predicted molar refractivity (Wildman–Crippen MR) is 39.5 cm³/mol. The van der Waals surface area contributed by atoms with Crippen molar-refractivity contribution in [1.82, 2.24) is 10.9 Å². The van der Waals surface area contributed by atoms with Crippen LogP contribution in [0.1, 0.15) is 0 Å². The van der Waals surface area contributed by atoms with E-state index in [2.05, 4.69) is 26.7 Å². The molecule has 6 nitrogen and oxygen atoms in total. The van der Waals surface area contributed by atoms with Gasteiger partial charge in [-0.1, -0.05) is 0 Å². The molecule has 60 valence electrons. The maximum Gasteiger partial charge on any atom is 0.286 e. The lowest BCUT2D eigenvalue weighted by Crippen LogP contribution is -2.59. The van der Waals surface area contributed by atoms with Crippen molar-refractivity contribution < 1.29 is 9.59 Å². The summed E-state index contributed by atoms with van der Waals surface area (Å²) in [7, 11) is 0. The van der Waals surface area contributed by atoms with Gasteiger partial charge in [0.1, 0.15) is 5.71 Å². The molecule has 2 aliphatic rings. The second-order valence-electron chi connectivity index (χ2n) is 2.25. The highest BCUT2D eigenvalue weighted by Gasteiger charge is 2.34. The highest BCUT2D eigenvalue weighted by Crippen LogP contribution is 2.02. The molecule has 0 aromatic rings. The number of amides is 2. The average Bonchev–Trinajstić information content (AvgIpc) is 2.12. The van der Waals surface area contributed by atoms with E-state index in [1.807, 2.05) is 0 Å². The molecule has 2 N–H and O–H groups in total. The maximum atomic E-state index is 11.0. The van der Waals surface area contributed by atoms with E-state index in [9.17, 15) is 9.59 Å². The van der Waals surface area contributed by atoms with E-state index in [1.165, 1.54) is 6.20 Å². The second-order valence-corrected chi connectivity index (χ2v) is 2.25. The summed E-state index contributed by atoms with van der Waals surface area (Å²) < 4.78 is 0. The normalized spacial score (nSPS) is 25.7. The van der Waals surface area contributed by atoms with Crippen LogP contribution in [0.15, 0.2) is 16.2 Å². The second kappa shape index (κ2) is 2.28. The van der Waals surface area contributed by atoms with Crippen molar-refractivity contribution >= 4 is 23.4 Å². The Hall–Kier alpha value is -1.94. The third-order valence-electron chi connectivity index (χ3n) is 1.50. The third-order valence-corrected chi connectivity index (χ3v) is 1.50. The van der Waals surface area contributed by atoms with E-state index in [0.29, 0.717) is 0 Å². The van der Waals surface area contributed by atoms with E-state index in [1.54, 1.807) is 0 Å². The molecule has 0 saturated carbocycles. The van der Waals surface area contributed by atoms with Gasteiger partial charge in [-0.25, -0.2) is 9.98 Å². The number of fused-ring (bicyclic) bond motifs is 1. The van der Waals surface area contributed by atoms with E-state index >= 15 is 0 Å². The van der Waals surface area contributed by atoms with Crippen LogP contribution in [-0.2, 0) is 9.59 Å². The molecule has 2 rings (SSSR count). The average molecular weight is 164 g/mol. The number of hydrogen-bond acceptors (Lipinski definition) is 4. The number of nitrogens with zero attached hydrogens (tertiary/aromatic N) is 2. The molecule has 2 amide bonds. The molecule has 1 saturated heterocycles. The first-order valence-corrected chi connectivity index (χ1v) is 3.24. The van der Waals surface area contributed by atoms with E-state index < -0.39 is 17.9 Å². The van der Waals surface area contributed by atoms with Crippen LogP contribution in [-0.4, -0.2) is 29.4 Å². The molecule has 0 aliphatic carbocycles. The van der Waals surface area contributed by atoms with Crippen molar-refractivity contribution in [3.63, 3.8) is 0 Å². The summed E-state index contributed by atoms with van der Waals surface area (Å²) in [4.78, 5) is 29.4. The van der Waals surface area contributed by atoms with Crippen LogP contribution in [0.2, 0.25) is 0 Å². The minimum Gasteiger partial charge on any atom is -0.270 e. The quantitative estimate of drug-likeness (QED) is 0.440. The maximum absolute atomic E-state index is 11.0. The van der Waals surface area contributed by atoms with Crippen LogP contribution >= 0.6 is 0 Å². The molecule has 0 aromatic heterocycles. The van der Waals surface area contributed by atoms with Gasteiger partial charge in [-0.05, 0) is 0 Å². The smallest absolute Gasteiger partial charge is 0.270 e. The topological polar surface area (TPSA) is 82.9 Å². The van der Waals surface area contributed by atoms with Gasteiger partial charge in [-0.2, -0.15) is 0 Å². The zero-order valence-corrected chi connectivity index (χ0v) is 5.87. The molecule has 2 heterocycles. The molecule has 0 spiro atoms. The van der Waals surface area contributed by atoms with Gasteiger partial charge in [0.25, 0.3) is 11.8 Å². The third kappa shape index (κ3) is 0.826. The number of aliphatic imine (C=N–C) groups is 2. The first-order chi connectivity index (χ1) is 5.79. The molecule has 0 aromatic carbocycles. The monoisotopic (exact) mass is 164 g/mol. The highest BCUT2D eigenvalue weighted by molar-refractivity contribution is 6.46. The van der Waals surface area contributed by atoms with Crippen molar-refractivity contribution in [3.05, 3.63) is 6.20 Å². The van der Waals surface area contributed by atoms with Crippen LogP contribution in [0, 0.1) is 0 Å². The van der Waals surface area contributed by atoms with Gasteiger partial charge in [-0.3, -0.25) is 20.4 Å². The Morgan fingerprint density at radius 2 is 2.25 bits per heavy atom. The Morgan fingerprint density at radius 3 is 3.00 bits per heavy atom. The Balaban J connectivity index is 2.44. The van der Waals surface area contributed by atoms with E-state index in [-0.39, 0.29) is 5.71 Å². The molecule has 12 heavy (non-hydrogen) atoms. The van der Waals surface area contributed by atoms with Crippen molar-refractivity contribution in [3.8, 4) is 0 Å². The van der Waals surface area contributed by atoms with Crippen LogP contribution in [0.25, 0.3) is 0 Å². The van der Waals surface area contributed by atoms with Gasteiger partial charge in [0.05, 0.1) is 6.20 Å². The Bertz CT molecular complexity index is 351. The lowest BCUT2D eigenvalue weighted by atomic mass is 10.1. The van der Waals surface area contributed by atoms with Crippen molar-refractivity contribution in [2.75, 3.05) is 0 Å². The number of carbonyl (C=O) groups is 2. The van der Waals surface area contributed by atoms with E-state index in [4.69, 9.17) is 0 Å². The number of carbonyl (C=O) groups excluding carboxylic acids is 2. The van der Waals surface area contributed by atoms with Crippen LogP contribution in [0.3, 0.4) is 0 Å². The summed E-state index contributed by atoms with van der Waals surface area (Å²) in [6.45, 7) is 0. The molecule has 0 radical (unpaired) electrons. The van der Waals surface area contributed by atoms with Crippen LogP contribution in [0.4, 0.5) is 0 Å². The van der Waals surface area contributed by atoms with Gasteiger partial charge >= 0.3 is 0 Å². The fraction of sp³-hybridized carbons (Fsp3) is 0.167. The molecule has 2 aliphatic heterocycles. The molecule has 6 heteroatoms. The molecule has 1 unspecified atom stereocenters. The van der Waals surface area contributed by atoms with Gasteiger partial charge in [0.15, 0.2) is 6.04 Å². The van der Waals surface area contributed by atoms with Crippen molar-refractivity contribution in [2.45, 2.75) is 6.04 Å². The van der Waals surface area contributed by atoms with Crippen LogP contribution in [0.5, 0.6) is 0 Å². The van der Waals surface area contributed by atoms with Gasteiger partial charge in [-0.15, -0.1) is 0 Å². The standard InChI is InChI=1S/C6H4N4O2/c11-5-3-4(6(12)10-9-5)8-2-1-7-3/h1,4H,(H,9,11)(H,10,12). The number of hydrazine groups is 1. The Morgan fingerprint density at radius 1 is 1.42 bits per heavy atom. The highest BCUT2D eigenvalue weighted by atomic mass is 16.2. The number of nitrogens with one attached hydrogen (secondary N) is 2. The zero-order valence-electron chi connectivity index (χ0n) is 5.87. The lowest BCUT2D eigenvalue weighted by molar-refractivity contribution is -0.128. The molecular formula is C6H4N4O2. The Kier molecular flexibility index (Phi) is 1.28. The van der Waals surface area contributed by atoms with Gasteiger partial charge in [0, 0.05) is 5.87 Å². The predicted octanol–water partition coefficient (Wildman–Crippen LogP) is -1.85. The summed E-state index contributed by atoms with van der Waals surface area (Å²) in [5.41, 5.74) is 4.43. The van der Waals surface area contributed by atoms with Crippen LogP contribution < -0.4 is 10.9 Å². The summed E-state index contributed by atoms with van der Waals surface area (Å²) in [6.07, 6.45) is 1.25. The SMILES string of the molecule is O=C1NNC(=O)C2N=C=CN=C12. The van der Waals surface area contributed by atoms with Crippen molar-refractivity contribution in [1.29, 1.82) is 0 Å². The summed E-state index contributed by atoms with van der Waals surface area (Å²) in [5, 5.41) is 0. The Labute approximate surface area is 67.0 Å². The molecule has 0 bridgehead atoms. The summed E-state index contributed by atoms with van der Waals surface area (Å²) >= 11 is 0. The summed E-state index contributed by atoms with van der Waals surface area (Å²) in [6, 6.07) is -0.830. The van der Waals surface area contributed by atoms with E-state index in [0.717, 1.165) is 0 Å². The number of hydrogen-bond donors (Lipinski definition) is 2. The van der Waals surface area contributed by atoms with Gasteiger partial charge in [0.2, 0.25) is 0 Å². The molecule has 1 atom stereocenters. The molecular weight excluding hydrogens is 160 g/mol. The first-order valence-electron chi connectivity index (χ1n) is 3.24. The molecule has 1 fully saturated rings. The van der Waals surface area contributed by atoms with Gasteiger partial charge < -0.3 is 0 Å². The van der Waals surface area contributed by atoms with Crippen molar-refractivity contribution in [2.24, 2.45) is 9.98 Å². The fourth-order valence-electron chi connectivity index (χ4n) is 0.954. The minimum absolute atomic E-state index is 0.109. The minimum atomic E-state index is -0.830. The first kappa shape index (κ1) is 6.75. The fourth-order valence-corrected chi connectivity index (χ4v) is 0.954. The summed E-state index contributed by atoms with van der Waals surface area (Å²) in [5.74, 6) is 1.58. The lowest BCUT2D eigenvalue weighted by Gasteiger charge is -2.20. The number of rotatable bonds is 0. The largest absolute Gasteiger partial charge is 0.286 e.